The van der Waals surface area contributed by atoms with Crippen molar-refractivity contribution in [1.82, 2.24) is 5.32 Å². The summed E-state index contributed by atoms with van der Waals surface area (Å²) in [4.78, 5) is 23.3. The fourth-order valence-corrected chi connectivity index (χ4v) is 2.61. The van der Waals surface area contributed by atoms with E-state index in [2.05, 4.69) is 12.2 Å². The van der Waals surface area contributed by atoms with Crippen LogP contribution in [0.4, 0.5) is 0 Å². The molecule has 0 spiro atoms. The third-order valence-corrected chi connectivity index (χ3v) is 3.79. The summed E-state index contributed by atoms with van der Waals surface area (Å²) < 4.78 is 10.6. The number of amides is 1. The molecule has 0 bridgehead atoms. The first-order chi connectivity index (χ1) is 10.9. The molecule has 1 N–H and O–H groups in total. The summed E-state index contributed by atoms with van der Waals surface area (Å²) in [6.45, 7) is 5.67. The Kier molecular flexibility index (Phi) is 5.66. The summed E-state index contributed by atoms with van der Waals surface area (Å²) in [5, 5.41) is 3.95. The van der Waals surface area contributed by atoms with E-state index in [1.165, 1.54) is 12.1 Å². The van der Waals surface area contributed by atoms with Crippen LogP contribution in [0, 0.1) is 6.92 Å². The largest absolute Gasteiger partial charge is 0.482 e. The van der Waals surface area contributed by atoms with Gasteiger partial charge in [0.15, 0.2) is 6.61 Å². The van der Waals surface area contributed by atoms with E-state index in [9.17, 15) is 9.59 Å². The third kappa shape index (κ3) is 4.48. The van der Waals surface area contributed by atoms with E-state index in [4.69, 9.17) is 20.8 Å². The van der Waals surface area contributed by atoms with Crippen LogP contribution in [-0.4, -0.2) is 18.6 Å². The molecule has 1 heterocycles. The molecule has 0 saturated carbocycles. The first-order valence-corrected chi connectivity index (χ1v) is 7.94. The first-order valence-electron chi connectivity index (χ1n) is 7.57. The van der Waals surface area contributed by atoms with Crippen LogP contribution in [0.15, 0.2) is 27.4 Å². The minimum atomic E-state index is -0.436. The van der Waals surface area contributed by atoms with Crippen LogP contribution in [0.1, 0.15) is 32.3 Å². The molecule has 6 heteroatoms. The van der Waals surface area contributed by atoms with Crippen molar-refractivity contribution < 1.29 is 13.9 Å². The molecule has 1 atom stereocenters. The molecular formula is C17H20ClNO4. The number of hydrogen-bond donors (Lipinski definition) is 1. The predicted molar refractivity (Wildman–Crippen MR) is 90.2 cm³/mol. The molecule has 23 heavy (non-hydrogen) atoms. The van der Waals surface area contributed by atoms with E-state index in [-0.39, 0.29) is 18.6 Å². The van der Waals surface area contributed by atoms with E-state index in [0.29, 0.717) is 16.4 Å². The smallest absolute Gasteiger partial charge is 0.336 e. The Bertz CT molecular complexity index is 769. The van der Waals surface area contributed by atoms with Crippen LogP contribution in [0.5, 0.6) is 5.75 Å². The quantitative estimate of drug-likeness (QED) is 0.820. The first kappa shape index (κ1) is 17.3. The maximum atomic E-state index is 11.8. The molecule has 124 valence electrons. The number of benzene rings is 1. The lowest BCUT2D eigenvalue weighted by Crippen LogP contribution is -2.35. The van der Waals surface area contributed by atoms with Crippen molar-refractivity contribution in [3.63, 3.8) is 0 Å². The van der Waals surface area contributed by atoms with E-state index < -0.39 is 5.63 Å². The van der Waals surface area contributed by atoms with E-state index in [1.54, 1.807) is 13.0 Å². The van der Waals surface area contributed by atoms with Crippen molar-refractivity contribution in [3.8, 4) is 5.75 Å². The summed E-state index contributed by atoms with van der Waals surface area (Å²) in [6, 6.07) is 4.71. The van der Waals surface area contributed by atoms with Crippen molar-refractivity contribution in [1.29, 1.82) is 0 Å². The van der Waals surface area contributed by atoms with Gasteiger partial charge < -0.3 is 14.5 Å². The van der Waals surface area contributed by atoms with Crippen LogP contribution < -0.4 is 15.7 Å². The fraction of sp³-hybridized carbons (Fsp3) is 0.412. The summed E-state index contributed by atoms with van der Waals surface area (Å²) in [7, 11) is 0. The van der Waals surface area contributed by atoms with Crippen LogP contribution >= 0.6 is 11.6 Å². The third-order valence-electron chi connectivity index (χ3n) is 3.49. The van der Waals surface area contributed by atoms with Crippen LogP contribution in [0.2, 0.25) is 5.02 Å². The Labute approximate surface area is 139 Å². The molecule has 2 rings (SSSR count). The Morgan fingerprint density at radius 3 is 2.83 bits per heavy atom. The zero-order chi connectivity index (χ0) is 17.0. The highest BCUT2D eigenvalue weighted by Gasteiger charge is 2.12. The number of rotatable bonds is 6. The van der Waals surface area contributed by atoms with E-state index >= 15 is 0 Å². The maximum Gasteiger partial charge on any atom is 0.336 e. The van der Waals surface area contributed by atoms with Crippen molar-refractivity contribution in [2.24, 2.45) is 0 Å². The second kappa shape index (κ2) is 7.51. The molecule has 1 amide bonds. The molecule has 1 aromatic carbocycles. The van der Waals surface area contributed by atoms with Crippen molar-refractivity contribution in [2.75, 3.05) is 6.61 Å². The minimum Gasteiger partial charge on any atom is -0.482 e. The lowest BCUT2D eigenvalue weighted by molar-refractivity contribution is -0.123. The van der Waals surface area contributed by atoms with Crippen molar-refractivity contribution in [3.05, 3.63) is 39.2 Å². The monoisotopic (exact) mass is 337 g/mol. The zero-order valence-electron chi connectivity index (χ0n) is 13.4. The molecule has 0 fully saturated rings. The van der Waals surface area contributed by atoms with Gasteiger partial charge in [0.05, 0.1) is 5.02 Å². The van der Waals surface area contributed by atoms with Gasteiger partial charge in [-0.2, -0.15) is 0 Å². The van der Waals surface area contributed by atoms with Gasteiger partial charge in [-0.1, -0.05) is 24.9 Å². The molecule has 0 saturated heterocycles. The molecular weight excluding hydrogens is 318 g/mol. The highest BCUT2D eigenvalue weighted by molar-refractivity contribution is 6.32. The zero-order valence-corrected chi connectivity index (χ0v) is 14.2. The average molecular weight is 338 g/mol. The van der Waals surface area contributed by atoms with Crippen LogP contribution in [0.3, 0.4) is 0 Å². The number of nitrogens with one attached hydrogen (secondary N) is 1. The van der Waals surface area contributed by atoms with Gasteiger partial charge >= 0.3 is 5.63 Å². The molecule has 0 aliphatic heterocycles. The minimum absolute atomic E-state index is 0.101. The van der Waals surface area contributed by atoms with Gasteiger partial charge in [-0.3, -0.25) is 4.79 Å². The number of carbonyl (C=O) groups is 1. The number of hydrogen-bond acceptors (Lipinski definition) is 4. The highest BCUT2D eigenvalue weighted by Crippen LogP contribution is 2.30. The van der Waals surface area contributed by atoms with E-state index in [1.807, 2.05) is 6.92 Å². The summed E-state index contributed by atoms with van der Waals surface area (Å²) in [5.74, 6) is 0.0963. The van der Waals surface area contributed by atoms with Gasteiger partial charge in [-0.15, -0.1) is 0 Å². The number of ether oxygens (including phenoxy) is 1. The SMILES string of the molecule is CCCC(C)NC(=O)COc1cc2oc(=O)cc(C)c2cc1Cl. The average Bonchev–Trinajstić information content (AvgIpc) is 2.46. The molecule has 1 unspecified atom stereocenters. The van der Waals surface area contributed by atoms with Crippen molar-refractivity contribution in [2.45, 2.75) is 39.7 Å². The second-order valence-corrected chi connectivity index (χ2v) is 5.98. The van der Waals surface area contributed by atoms with Crippen molar-refractivity contribution >= 4 is 28.5 Å². The number of carbonyl (C=O) groups excluding carboxylic acids is 1. The Hall–Kier alpha value is -2.01. The van der Waals surface area contributed by atoms with Gasteiger partial charge in [0.1, 0.15) is 11.3 Å². The molecule has 2 aromatic rings. The van der Waals surface area contributed by atoms with E-state index in [0.717, 1.165) is 23.8 Å². The lowest BCUT2D eigenvalue weighted by Gasteiger charge is -2.14. The highest BCUT2D eigenvalue weighted by atomic mass is 35.5. The van der Waals surface area contributed by atoms with Gasteiger partial charge in [-0.25, -0.2) is 4.79 Å². The number of aryl methyl sites for hydroxylation is 1. The Balaban J connectivity index is 2.13. The maximum absolute atomic E-state index is 11.8. The normalized spacial score (nSPS) is 12.2. The molecule has 0 radical (unpaired) electrons. The predicted octanol–water partition coefficient (Wildman–Crippen LogP) is 3.44. The van der Waals surface area contributed by atoms with Crippen LogP contribution in [-0.2, 0) is 4.79 Å². The van der Waals surface area contributed by atoms with Crippen LogP contribution in [0.25, 0.3) is 11.0 Å². The number of halogens is 1. The molecule has 5 nitrogen and oxygen atoms in total. The molecule has 0 aliphatic carbocycles. The van der Waals surface area contributed by atoms with Gasteiger partial charge in [-0.05, 0) is 31.9 Å². The Morgan fingerprint density at radius 2 is 2.13 bits per heavy atom. The Morgan fingerprint density at radius 1 is 1.39 bits per heavy atom. The lowest BCUT2D eigenvalue weighted by atomic mass is 10.1. The summed E-state index contributed by atoms with van der Waals surface area (Å²) in [5.41, 5.74) is 0.722. The molecule has 1 aromatic heterocycles. The second-order valence-electron chi connectivity index (χ2n) is 5.57. The van der Waals surface area contributed by atoms with Gasteiger partial charge in [0.2, 0.25) is 0 Å². The van der Waals surface area contributed by atoms with Gasteiger partial charge in [0, 0.05) is 23.6 Å². The molecule has 0 aliphatic rings. The fourth-order valence-electron chi connectivity index (χ4n) is 2.40. The van der Waals surface area contributed by atoms with Gasteiger partial charge in [0.25, 0.3) is 5.91 Å². The topological polar surface area (TPSA) is 68.5 Å². The standard InChI is InChI=1S/C17H20ClNO4/c1-4-5-11(3)19-16(20)9-22-15-8-14-12(7-13(15)18)10(2)6-17(21)23-14/h6-8,11H,4-5,9H2,1-3H3,(H,19,20). The summed E-state index contributed by atoms with van der Waals surface area (Å²) >= 11 is 6.18. The number of fused-ring (bicyclic) bond motifs is 1. The summed E-state index contributed by atoms with van der Waals surface area (Å²) in [6.07, 6.45) is 1.91.